The molecule has 1 aromatic heterocycles. The van der Waals surface area contributed by atoms with Gasteiger partial charge in [0.15, 0.2) is 11.6 Å². The van der Waals surface area contributed by atoms with Gasteiger partial charge in [-0.1, -0.05) is 0 Å². The maximum absolute atomic E-state index is 11.0. The van der Waals surface area contributed by atoms with Crippen LogP contribution in [0.4, 0.5) is 28.7 Å². The van der Waals surface area contributed by atoms with E-state index in [0.29, 0.717) is 34.5 Å². The second-order valence-corrected chi connectivity index (χ2v) is 5.68. The number of benzene rings is 2. The van der Waals surface area contributed by atoms with Crippen LogP contribution >= 0.6 is 0 Å². The van der Waals surface area contributed by atoms with E-state index in [-0.39, 0.29) is 11.3 Å². The van der Waals surface area contributed by atoms with Gasteiger partial charge in [-0.05, 0) is 36.4 Å². The van der Waals surface area contributed by atoms with Crippen molar-refractivity contribution in [2.24, 2.45) is 0 Å². The molecule has 3 rings (SSSR count). The first-order valence-electron chi connectivity index (χ1n) is 8.21. The lowest BCUT2D eigenvalue weighted by Gasteiger charge is -2.15. The van der Waals surface area contributed by atoms with Crippen molar-refractivity contribution in [1.82, 2.24) is 9.97 Å². The third kappa shape index (κ3) is 4.04. The van der Waals surface area contributed by atoms with E-state index in [0.717, 1.165) is 0 Å². The van der Waals surface area contributed by atoms with Crippen LogP contribution in [0.15, 0.2) is 48.8 Å². The molecule has 9 nitrogen and oxygen atoms in total. The lowest BCUT2D eigenvalue weighted by molar-refractivity contribution is 0.0697. The molecule has 2 aromatic carbocycles. The van der Waals surface area contributed by atoms with Gasteiger partial charge in [0.2, 0.25) is 0 Å². The number of rotatable bonds is 7. The molecule has 0 aliphatic heterocycles. The molecule has 0 spiro atoms. The number of ether oxygens (including phenoxy) is 2. The number of methoxy groups -OCH3 is 2. The zero-order chi connectivity index (χ0) is 20.1. The minimum atomic E-state index is -0.994. The minimum absolute atomic E-state index is 0.189. The molecule has 0 fully saturated rings. The Hall–Kier alpha value is -4.01. The summed E-state index contributed by atoms with van der Waals surface area (Å²) < 4.78 is 10.6. The Kier molecular flexibility index (Phi) is 5.45. The molecule has 5 N–H and O–H groups in total. The SMILES string of the molecule is COc1ccc(OC)c(Nc2ncnc(Nc3ccc(C(=O)O)cc3)c2N)c1. The quantitative estimate of drug-likeness (QED) is 0.487. The average Bonchev–Trinajstić information content (AvgIpc) is 2.71. The molecule has 9 heteroatoms. The van der Waals surface area contributed by atoms with Gasteiger partial charge >= 0.3 is 5.97 Å². The third-order valence-corrected chi connectivity index (χ3v) is 3.94. The van der Waals surface area contributed by atoms with Crippen molar-refractivity contribution in [1.29, 1.82) is 0 Å². The summed E-state index contributed by atoms with van der Waals surface area (Å²) in [5, 5.41) is 15.1. The highest BCUT2D eigenvalue weighted by molar-refractivity contribution is 5.88. The highest BCUT2D eigenvalue weighted by atomic mass is 16.5. The number of hydrogen-bond acceptors (Lipinski definition) is 8. The number of nitrogens with one attached hydrogen (secondary N) is 2. The largest absolute Gasteiger partial charge is 0.497 e. The van der Waals surface area contributed by atoms with Crippen molar-refractivity contribution in [2.45, 2.75) is 0 Å². The van der Waals surface area contributed by atoms with Gasteiger partial charge in [0.05, 0.1) is 25.5 Å². The summed E-state index contributed by atoms with van der Waals surface area (Å²) in [6.45, 7) is 0. The molecule has 0 aliphatic carbocycles. The zero-order valence-corrected chi connectivity index (χ0v) is 15.3. The molecule has 0 radical (unpaired) electrons. The first kappa shape index (κ1) is 18.8. The predicted octanol–water partition coefficient (Wildman–Crippen LogP) is 3.26. The standard InChI is InChI=1S/C19H19N5O4/c1-27-13-7-8-15(28-2)14(9-13)24-18-16(20)17(21-10-22-18)23-12-5-3-11(4-6-12)19(25)26/h3-10H,20H2,1-2H3,(H,25,26)(H2,21,22,23,24). The van der Waals surface area contributed by atoms with Gasteiger partial charge in [0, 0.05) is 11.8 Å². The topological polar surface area (TPSA) is 132 Å². The number of carboxylic acid groups (broad SMARTS) is 1. The molecule has 144 valence electrons. The Labute approximate surface area is 161 Å². The molecule has 0 saturated carbocycles. The summed E-state index contributed by atoms with van der Waals surface area (Å²) in [5.41, 5.74) is 7.95. The number of carbonyl (C=O) groups is 1. The van der Waals surface area contributed by atoms with Gasteiger partial charge in [-0.15, -0.1) is 0 Å². The van der Waals surface area contributed by atoms with Crippen molar-refractivity contribution >= 4 is 34.7 Å². The fraction of sp³-hybridized carbons (Fsp3) is 0.105. The third-order valence-electron chi connectivity index (χ3n) is 3.94. The number of carboxylic acids is 1. The first-order chi connectivity index (χ1) is 13.5. The predicted molar refractivity (Wildman–Crippen MR) is 106 cm³/mol. The van der Waals surface area contributed by atoms with Crippen LogP contribution in [-0.2, 0) is 0 Å². The van der Waals surface area contributed by atoms with Crippen molar-refractivity contribution in [2.75, 3.05) is 30.6 Å². The van der Waals surface area contributed by atoms with E-state index >= 15 is 0 Å². The number of aromatic carboxylic acids is 1. The lowest BCUT2D eigenvalue weighted by Crippen LogP contribution is -2.06. The van der Waals surface area contributed by atoms with E-state index in [1.165, 1.54) is 18.5 Å². The van der Waals surface area contributed by atoms with Crippen LogP contribution in [0.2, 0.25) is 0 Å². The number of nitrogens with zero attached hydrogens (tertiary/aromatic N) is 2. The van der Waals surface area contributed by atoms with Gasteiger partial charge in [-0.25, -0.2) is 14.8 Å². The van der Waals surface area contributed by atoms with Crippen molar-refractivity contribution in [3.8, 4) is 11.5 Å². The molecule has 3 aromatic rings. The van der Waals surface area contributed by atoms with Crippen molar-refractivity contribution in [3.63, 3.8) is 0 Å². The van der Waals surface area contributed by atoms with Crippen LogP contribution in [0, 0.1) is 0 Å². The highest BCUT2D eigenvalue weighted by Gasteiger charge is 2.12. The van der Waals surface area contributed by atoms with Gasteiger partial charge < -0.3 is 30.9 Å². The fourth-order valence-corrected chi connectivity index (χ4v) is 2.47. The van der Waals surface area contributed by atoms with E-state index in [1.54, 1.807) is 44.6 Å². The monoisotopic (exact) mass is 381 g/mol. The Morgan fingerprint density at radius 1 is 1.00 bits per heavy atom. The first-order valence-corrected chi connectivity index (χ1v) is 8.21. The minimum Gasteiger partial charge on any atom is -0.497 e. The maximum Gasteiger partial charge on any atom is 0.335 e. The lowest BCUT2D eigenvalue weighted by atomic mass is 10.2. The molecule has 0 saturated heterocycles. The molecule has 0 bridgehead atoms. The molecule has 0 atom stereocenters. The number of anilines is 5. The highest BCUT2D eigenvalue weighted by Crippen LogP contribution is 2.34. The van der Waals surface area contributed by atoms with Gasteiger partial charge in [-0.2, -0.15) is 0 Å². The molecule has 1 heterocycles. The van der Waals surface area contributed by atoms with E-state index in [2.05, 4.69) is 20.6 Å². The van der Waals surface area contributed by atoms with Crippen LogP contribution in [0.25, 0.3) is 0 Å². The maximum atomic E-state index is 11.0. The summed E-state index contributed by atoms with van der Waals surface area (Å²) in [4.78, 5) is 19.3. The zero-order valence-electron chi connectivity index (χ0n) is 15.3. The van der Waals surface area contributed by atoms with Crippen LogP contribution in [0.5, 0.6) is 11.5 Å². The Bertz CT molecular complexity index is 992. The fourth-order valence-electron chi connectivity index (χ4n) is 2.47. The second kappa shape index (κ2) is 8.12. The van der Waals surface area contributed by atoms with E-state index < -0.39 is 5.97 Å². The Morgan fingerprint density at radius 2 is 1.68 bits per heavy atom. The summed E-state index contributed by atoms with van der Waals surface area (Å²) in [6.07, 6.45) is 1.36. The summed E-state index contributed by atoms with van der Waals surface area (Å²) in [6, 6.07) is 11.5. The smallest absolute Gasteiger partial charge is 0.335 e. The number of aromatic nitrogens is 2. The van der Waals surface area contributed by atoms with Gasteiger partial charge in [0.1, 0.15) is 23.5 Å². The molecular formula is C19H19N5O4. The summed E-state index contributed by atoms with van der Waals surface area (Å²) in [7, 11) is 3.13. The van der Waals surface area contributed by atoms with Crippen LogP contribution < -0.4 is 25.8 Å². The van der Waals surface area contributed by atoms with Gasteiger partial charge in [0.25, 0.3) is 0 Å². The molecule has 28 heavy (non-hydrogen) atoms. The van der Waals surface area contributed by atoms with E-state index in [1.807, 2.05) is 0 Å². The van der Waals surface area contributed by atoms with Gasteiger partial charge in [-0.3, -0.25) is 0 Å². The van der Waals surface area contributed by atoms with Crippen LogP contribution in [0.1, 0.15) is 10.4 Å². The molecule has 0 unspecified atom stereocenters. The summed E-state index contributed by atoms with van der Waals surface area (Å²) in [5.74, 6) is 1.01. The Balaban J connectivity index is 1.86. The summed E-state index contributed by atoms with van der Waals surface area (Å²) >= 11 is 0. The van der Waals surface area contributed by atoms with Crippen LogP contribution in [-0.4, -0.2) is 35.3 Å². The number of hydrogen-bond donors (Lipinski definition) is 4. The molecule has 0 amide bonds. The second-order valence-electron chi connectivity index (χ2n) is 5.68. The Morgan fingerprint density at radius 3 is 2.29 bits per heavy atom. The van der Waals surface area contributed by atoms with Crippen molar-refractivity contribution < 1.29 is 19.4 Å². The molecule has 0 aliphatic rings. The van der Waals surface area contributed by atoms with Crippen LogP contribution in [0.3, 0.4) is 0 Å². The van der Waals surface area contributed by atoms with E-state index in [9.17, 15) is 4.79 Å². The van der Waals surface area contributed by atoms with E-state index in [4.69, 9.17) is 20.3 Å². The van der Waals surface area contributed by atoms with Crippen molar-refractivity contribution in [3.05, 3.63) is 54.4 Å². The number of nitrogen functional groups attached to an aromatic ring is 1. The normalized spacial score (nSPS) is 10.2. The number of nitrogens with two attached hydrogens (primary N) is 1. The average molecular weight is 381 g/mol. The molecular weight excluding hydrogens is 362 g/mol.